The number of carbonyl (C=O) groups is 1. The molecule has 4 rings (SSSR count). The van der Waals surface area contributed by atoms with Crippen LogP contribution in [0.4, 0.5) is 5.69 Å². The Morgan fingerprint density at radius 3 is 2.52 bits per heavy atom. The summed E-state index contributed by atoms with van der Waals surface area (Å²) in [5.41, 5.74) is 1.14. The fourth-order valence-electron chi connectivity index (χ4n) is 4.76. The van der Waals surface area contributed by atoms with Crippen LogP contribution < -0.4 is 9.64 Å². The minimum absolute atomic E-state index is 0.0798. The molecule has 2 aromatic rings. The van der Waals surface area contributed by atoms with E-state index in [1.165, 1.54) is 6.92 Å². The van der Waals surface area contributed by atoms with Gasteiger partial charge in [0.1, 0.15) is 5.75 Å². The number of benzene rings is 2. The second kappa shape index (κ2) is 7.11. The van der Waals surface area contributed by atoms with Crippen molar-refractivity contribution < 1.29 is 9.53 Å². The highest BCUT2D eigenvalue weighted by molar-refractivity contribution is 5.91. The van der Waals surface area contributed by atoms with Crippen LogP contribution in [0, 0.1) is 28.1 Å². The lowest BCUT2D eigenvalue weighted by molar-refractivity contribution is -0.118. The summed E-state index contributed by atoms with van der Waals surface area (Å²) in [6.07, 6.45) is 3.82. The fraction of sp³-hybridized carbons (Fsp3) is 0.292. The average Bonchev–Trinajstić information content (AvgIpc) is 3.05. The minimum atomic E-state index is -1.42. The first-order chi connectivity index (χ1) is 14.1. The van der Waals surface area contributed by atoms with Gasteiger partial charge in [-0.15, -0.1) is 0 Å². The molecule has 2 heterocycles. The molecule has 0 spiro atoms. The Morgan fingerprint density at radius 2 is 1.83 bits per heavy atom. The summed E-state index contributed by atoms with van der Waals surface area (Å²) in [6, 6.07) is 18.6. The summed E-state index contributed by atoms with van der Waals surface area (Å²) < 4.78 is 5.82. The van der Waals surface area contributed by atoms with Crippen LogP contribution in [0.15, 0.2) is 54.6 Å². The molecule has 3 atom stereocenters. The molecular formula is C24H21N3O2. The summed E-state index contributed by atoms with van der Waals surface area (Å²) in [7, 11) is 0. The Bertz CT molecular complexity index is 1060. The highest BCUT2D eigenvalue weighted by Crippen LogP contribution is 2.56. The number of hydrogen-bond donors (Lipinski definition) is 0. The van der Waals surface area contributed by atoms with E-state index in [1.807, 2.05) is 72.5 Å². The van der Waals surface area contributed by atoms with Crippen molar-refractivity contribution >= 4 is 17.5 Å². The molecule has 0 bridgehead atoms. The van der Waals surface area contributed by atoms with Gasteiger partial charge in [0, 0.05) is 17.2 Å². The van der Waals surface area contributed by atoms with Crippen molar-refractivity contribution in [2.75, 3.05) is 11.5 Å². The molecule has 0 radical (unpaired) electrons. The molecule has 2 aliphatic heterocycles. The Morgan fingerprint density at radius 1 is 1.14 bits per heavy atom. The molecule has 0 unspecified atom stereocenters. The summed E-state index contributed by atoms with van der Waals surface area (Å²) in [6.45, 7) is 3.87. The molecule has 144 valence electrons. The van der Waals surface area contributed by atoms with Crippen LogP contribution in [0.3, 0.4) is 0 Å². The molecule has 1 fully saturated rings. The largest absolute Gasteiger partial charge is 0.494 e. The van der Waals surface area contributed by atoms with Gasteiger partial charge < -0.3 is 9.64 Å². The third-order valence-electron chi connectivity index (χ3n) is 5.89. The van der Waals surface area contributed by atoms with Crippen molar-refractivity contribution in [3.05, 3.63) is 65.7 Å². The van der Waals surface area contributed by atoms with Gasteiger partial charge in [0.25, 0.3) is 0 Å². The number of nitrogens with zero attached hydrogens (tertiary/aromatic N) is 3. The second-order valence-electron chi connectivity index (χ2n) is 7.37. The Labute approximate surface area is 170 Å². The fourth-order valence-corrected chi connectivity index (χ4v) is 4.76. The van der Waals surface area contributed by atoms with Crippen LogP contribution in [0.5, 0.6) is 5.75 Å². The molecule has 2 aliphatic rings. The number of anilines is 1. The van der Waals surface area contributed by atoms with E-state index in [2.05, 4.69) is 12.1 Å². The summed E-state index contributed by atoms with van der Waals surface area (Å²) in [5.74, 6) is -0.111. The first kappa shape index (κ1) is 18.8. The van der Waals surface area contributed by atoms with Gasteiger partial charge in [-0.1, -0.05) is 48.6 Å². The lowest BCUT2D eigenvalue weighted by Gasteiger charge is -2.35. The van der Waals surface area contributed by atoms with Gasteiger partial charge in [-0.2, -0.15) is 10.5 Å². The smallest absolute Gasteiger partial charge is 0.176 e. The molecule has 5 heteroatoms. The highest BCUT2D eigenvalue weighted by atomic mass is 16.5. The average molecular weight is 383 g/mol. The maximum atomic E-state index is 13.0. The Hall–Kier alpha value is -3.57. The van der Waals surface area contributed by atoms with E-state index in [1.54, 1.807) is 0 Å². The quantitative estimate of drug-likeness (QED) is 0.795. The maximum absolute atomic E-state index is 13.0. The van der Waals surface area contributed by atoms with Crippen LogP contribution in [0.1, 0.15) is 30.9 Å². The normalized spacial score (nSPS) is 23.4. The number of rotatable bonds is 4. The second-order valence-corrected chi connectivity index (χ2v) is 7.37. The van der Waals surface area contributed by atoms with Crippen LogP contribution >= 0.6 is 0 Å². The van der Waals surface area contributed by atoms with Crippen molar-refractivity contribution in [3.8, 4) is 17.9 Å². The van der Waals surface area contributed by atoms with Gasteiger partial charge in [-0.3, -0.25) is 4.79 Å². The zero-order valence-electron chi connectivity index (χ0n) is 16.4. The molecule has 29 heavy (non-hydrogen) atoms. The van der Waals surface area contributed by atoms with Crippen LogP contribution in [0.25, 0.3) is 6.08 Å². The number of carbonyl (C=O) groups excluding carboxylic acids is 1. The summed E-state index contributed by atoms with van der Waals surface area (Å²) in [5, 5.41) is 20.5. The van der Waals surface area contributed by atoms with Gasteiger partial charge in [0.05, 0.1) is 30.8 Å². The number of ketones is 1. The first-order valence-corrected chi connectivity index (χ1v) is 9.69. The molecule has 0 saturated carbocycles. The zero-order valence-corrected chi connectivity index (χ0v) is 16.4. The molecule has 0 aromatic heterocycles. The SMILES string of the molecule is CCOc1ccccc1[C@H]1[C@H](C(C)=O)N2c3ccccc3C=C[C@@H]2C1(C#N)C#N. The zero-order chi connectivity index (χ0) is 20.6. The third kappa shape index (κ3) is 2.62. The van der Waals surface area contributed by atoms with E-state index in [0.717, 1.165) is 16.8 Å². The highest BCUT2D eigenvalue weighted by Gasteiger charge is 2.63. The van der Waals surface area contributed by atoms with E-state index in [-0.39, 0.29) is 5.78 Å². The van der Waals surface area contributed by atoms with E-state index in [0.29, 0.717) is 12.4 Å². The van der Waals surface area contributed by atoms with Gasteiger partial charge in [-0.25, -0.2) is 0 Å². The van der Waals surface area contributed by atoms with Gasteiger partial charge in [0.2, 0.25) is 0 Å². The molecule has 0 aliphatic carbocycles. The number of hydrogen-bond acceptors (Lipinski definition) is 5. The van der Waals surface area contributed by atoms with E-state index in [4.69, 9.17) is 4.74 Å². The topological polar surface area (TPSA) is 77.1 Å². The lowest BCUT2D eigenvalue weighted by Crippen LogP contribution is -2.43. The van der Waals surface area contributed by atoms with Crippen molar-refractivity contribution in [1.29, 1.82) is 10.5 Å². The number of fused-ring (bicyclic) bond motifs is 3. The summed E-state index contributed by atoms with van der Waals surface area (Å²) in [4.78, 5) is 14.9. The minimum Gasteiger partial charge on any atom is -0.494 e. The molecule has 2 aromatic carbocycles. The van der Waals surface area contributed by atoms with Gasteiger partial charge >= 0.3 is 0 Å². The monoisotopic (exact) mass is 383 g/mol. The van der Waals surface area contributed by atoms with Crippen LogP contribution in [0.2, 0.25) is 0 Å². The van der Waals surface area contributed by atoms with Gasteiger partial charge in [-0.05, 0) is 31.5 Å². The maximum Gasteiger partial charge on any atom is 0.176 e. The van der Waals surface area contributed by atoms with E-state index < -0.39 is 23.4 Å². The molecule has 1 saturated heterocycles. The third-order valence-corrected chi connectivity index (χ3v) is 5.89. The number of ether oxygens (including phenoxy) is 1. The number of para-hydroxylation sites is 2. The predicted octanol–water partition coefficient (Wildman–Crippen LogP) is 4.08. The summed E-state index contributed by atoms with van der Waals surface area (Å²) >= 11 is 0. The molecular weight excluding hydrogens is 362 g/mol. The van der Waals surface area contributed by atoms with Crippen molar-refractivity contribution in [2.24, 2.45) is 5.41 Å². The molecule has 0 amide bonds. The van der Waals surface area contributed by atoms with E-state index in [9.17, 15) is 15.3 Å². The van der Waals surface area contributed by atoms with Crippen molar-refractivity contribution in [3.63, 3.8) is 0 Å². The number of nitriles is 2. The van der Waals surface area contributed by atoms with Gasteiger partial charge in [0.15, 0.2) is 11.2 Å². The van der Waals surface area contributed by atoms with Crippen LogP contribution in [-0.2, 0) is 4.79 Å². The van der Waals surface area contributed by atoms with E-state index >= 15 is 0 Å². The molecule has 0 N–H and O–H groups in total. The number of Topliss-reactive ketones (excluding diaryl/α,β-unsaturated/α-hetero) is 1. The first-order valence-electron chi connectivity index (χ1n) is 9.69. The van der Waals surface area contributed by atoms with Crippen molar-refractivity contribution in [2.45, 2.75) is 31.8 Å². The van der Waals surface area contributed by atoms with Crippen molar-refractivity contribution in [1.82, 2.24) is 0 Å². The standard InChI is InChI=1S/C24H21N3O2/c1-3-29-20-11-7-5-9-18(20)22-23(16(2)28)27-19-10-6-4-8-17(19)12-13-21(27)24(22,14-25)15-26/h4-13,21-23H,3H2,1-2H3/t21-,22+,23+/m1/s1. The Balaban J connectivity index is 2.00. The predicted molar refractivity (Wildman–Crippen MR) is 110 cm³/mol. The molecule has 5 nitrogen and oxygen atoms in total. The lowest BCUT2D eigenvalue weighted by atomic mass is 9.69. The van der Waals surface area contributed by atoms with Crippen LogP contribution in [-0.4, -0.2) is 24.5 Å². The Kier molecular flexibility index (Phi) is 4.60.